The topological polar surface area (TPSA) is 119 Å². The number of amides is 2. The van der Waals surface area contributed by atoms with Crippen molar-refractivity contribution in [3.8, 4) is 5.69 Å². The Kier molecular flexibility index (Phi) is 8.82. The van der Waals surface area contributed by atoms with Gasteiger partial charge in [0.2, 0.25) is 5.82 Å². The van der Waals surface area contributed by atoms with Crippen LogP contribution in [0.15, 0.2) is 36.5 Å². The molecule has 0 bridgehead atoms. The second kappa shape index (κ2) is 11.0. The van der Waals surface area contributed by atoms with Crippen LogP contribution in [0.1, 0.15) is 11.1 Å². The second-order valence-corrected chi connectivity index (χ2v) is 8.38. The van der Waals surface area contributed by atoms with Crippen molar-refractivity contribution in [3.05, 3.63) is 72.8 Å². The number of nitro groups is 1. The van der Waals surface area contributed by atoms with Crippen molar-refractivity contribution in [3.63, 3.8) is 0 Å². The monoisotopic (exact) mass is 552 g/mol. The number of hydrogen-bond acceptors (Lipinski definition) is 5. The van der Waals surface area contributed by atoms with E-state index in [1.54, 1.807) is 20.2 Å². The van der Waals surface area contributed by atoms with Gasteiger partial charge in [-0.1, -0.05) is 40.9 Å². The molecule has 188 valence electrons. The Bertz CT molecular complexity index is 1240. The van der Waals surface area contributed by atoms with E-state index in [4.69, 9.17) is 40.5 Å². The molecule has 0 spiro atoms. The zero-order valence-electron chi connectivity index (χ0n) is 18.3. The molecule has 0 aliphatic heterocycles. The summed E-state index contributed by atoms with van der Waals surface area (Å²) in [5.41, 5.74) is 5.48. The van der Waals surface area contributed by atoms with E-state index in [1.165, 1.54) is 4.90 Å². The Morgan fingerprint density at radius 2 is 1.71 bits per heavy atom. The van der Waals surface area contributed by atoms with Gasteiger partial charge in [-0.3, -0.25) is 10.1 Å². The molecule has 1 heterocycles. The van der Waals surface area contributed by atoms with Gasteiger partial charge in [0.15, 0.2) is 0 Å². The standard InChI is InChI=1S/C10H5Cl2F3N4O2.C10H13ClN2O/c11-5-1-4(10(13,14)15)2-6(12)8(5)18-9(16)7(3-17-18)19(20)21;1-7-4-5-8(6-9(7)11)12-10(14)13(2)3/h1-3H,16H2;4-6H,1-3H3,(H,12,14). The Balaban J connectivity index is 0.000000269. The number of nitrogens with two attached hydrogens (primary N) is 1. The van der Waals surface area contributed by atoms with Crippen molar-refractivity contribution in [2.24, 2.45) is 0 Å². The van der Waals surface area contributed by atoms with Gasteiger partial charge in [0.1, 0.15) is 11.9 Å². The summed E-state index contributed by atoms with van der Waals surface area (Å²) in [6, 6.07) is 6.53. The minimum absolute atomic E-state index is 0.162. The predicted octanol–water partition coefficient (Wildman–Crippen LogP) is 6.43. The van der Waals surface area contributed by atoms with Gasteiger partial charge < -0.3 is 16.0 Å². The molecule has 35 heavy (non-hydrogen) atoms. The van der Waals surface area contributed by atoms with Crippen molar-refractivity contribution < 1.29 is 22.9 Å². The predicted molar refractivity (Wildman–Crippen MR) is 129 cm³/mol. The third kappa shape index (κ3) is 6.90. The Morgan fingerprint density at radius 1 is 1.14 bits per heavy atom. The third-order valence-electron chi connectivity index (χ3n) is 4.37. The number of nitrogens with zero attached hydrogens (tertiary/aromatic N) is 4. The van der Waals surface area contributed by atoms with Crippen LogP contribution in [0.3, 0.4) is 0 Å². The van der Waals surface area contributed by atoms with Crippen LogP contribution in [0.25, 0.3) is 5.69 Å². The summed E-state index contributed by atoms with van der Waals surface area (Å²) in [6.07, 6.45) is -3.78. The number of rotatable bonds is 3. The number of aryl methyl sites for hydroxylation is 1. The smallest absolute Gasteiger partial charge is 0.378 e. The normalized spacial score (nSPS) is 10.9. The molecular formula is C20H18Cl3F3N6O3. The van der Waals surface area contributed by atoms with Crippen molar-refractivity contribution in [2.75, 3.05) is 25.1 Å². The van der Waals surface area contributed by atoms with Crippen LogP contribution in [0.2, 0.25) is 15.1 Å². The average molecular weight is 554 g/mol. The van der Waals surface area contributed by atoms with Crippen molar-refractivity contribution in [1.82, 2.24) is 14.7 Å². The van der Waals surface area contributed by atoms with Gasteiger partial charge >= 0.3 is 17.9 Å². The van der Waals surface area contributed by atoms with Gasteiger partial charge in [-0.25, -0.2) is 9.48 Å². The fraction of sp³-hybridized carbons (Fsp3) is 0.200. The van der Waals surface area contributed by atoms with E-state index in [-0.39, 0.29) is 21.8 Å². The number of nitrogen functional groups attached to an aromatic ring is 1. The molecule has 1 aromatic heterocycles. The van der Waals surface area contributed by atoms with E-state index in [9.17, 15) is 28.1 Å². The van der Waals surface area contributed by atoms with Crippen LogP contribution in [0.5, 0.6) is 0 Å². The summed E-state index contributed by atoms with van der Waals surface area (Å²) in [5.74, 6) is -0.399. The highest BCUT2D eigenvalue weighted by Gasteiger charge is 2.33. The minimum Gasteiger partial charge on any atom is -0.378 e. The lowest BCUT2D eigenvalue weighted by Gasteiger charge is -2.12. The molecule has 0 saturated heterocycles. The summed E-state index contributed by atoms with van der Waals surface area (Å²) < 4.78 is 38.7. The number of anilines is 2. The highest BCUT2D eigenvalue weighted by atomic mass is 35.5. The number of carbonyl (C=O) groups excluding carboxylic acids is 1. The molecule has 0 aliphatic carbocycles. The van der Waals surface area contributed by atoms with Gasteiger partial charge in [0, 0.05) is 24.8 Å². The van der Waals surface area contributed by atoms with E-state index < -0.39 is 28.2 Å². The molecular weight excluding hydrogens is 536 g/mol. The summed E-state index contributed by atoms with van der Waals surface area (Å²) in [4.78, 5) is 22.6. The zero-order valence-corrected chi connectivity index (χ0v) is 20.6. The SMILES string of the molecule is Cc1ccc(NC(=O)N(C)C)cc1Cl.Nc1c([N+](=O)[O-])cnn1-c1c(Cl)cc(C(F)(F)F)cc1Cl. The lowest BCUT2D eigenvalue weighted by Crippen LogP contribution is -2.27. The molecule has 15 heteroatoms. The van der Waals surface area contributed by atoms with Crippen molar-refractivity contribution in [1.29, 1.82) is 0 Å². The Hall–Kier alpha value is -3.22. The van der Waals surface area contributed by atoms with Gasteiger partial charge in [-0.05, 0) is 36.8 Å². The molecule has 2 amide bonds. The number of hydrogen-bond donors (Lipinski definition) is 2. The number of carbonyl (C=O) groups is 1. The molecule has 0 radical (unpaired) electrons. The molecule has 0 fully saturated rings. The van der Waals surface area contributed by atoms with Crippen LogP contribution in [-0.4, -0.2) is 39.7 Å². The number of nitrogens with one attached hydrogen (secondary N) is 1. The molecule has 2 aromatic carbocycles. The first-order chi connectivity index (χ1) is 16.1. The van der Waals surface area contributed by atoms with E-state index in [0.29, 0.717) is 22.8 Å². The Morgan fingerprint density at radius 3 is 2.14 bits per heavy atom. The largest absolute Gasteiger partial charge is 0.416 e. The van der Waals surface area contributed by atoms with Crippen LogP contribution < -0.4 is 11.1 Å². The molecule has 9 nitrogen and oxygen atoms in total. The van der Waals surface area contributed by atoms with Crippen LogP contribution in [-0.2, 0) is 6.18 Å². The maximum Gasteiger partial charge on any atom is 0.416 e. The summed E-state index contributed by atoms with van der Waals surface area (Å²) >= 11 is 17.4. The van der Waals surface area contributed by atoms with Gasteiger partial charge in [-0.15, -0.1) is 0 Å². The minimum atomic E-state index is -4.63. The zero-order chi connectivity index (χ0) is 26.7. The molecule has 3 aromatic rings. The van der Waals surface area contributed by atoms with Gasteiger partial charge in [0.25, 0.3) is 0 Å². The maximum absolute atomic E-state index is 12.6. The summed E-state index contributed by atoms with van der Waals surface area (Å²) in [5, 5.41) is 16.9. The van der Waals surface area contributed by atoms with E-state index in [0.717, 1.165) is 16.4 Å². The summed E-state index contributed by atoms with van der Waals surface area (Å²) in [6.45, 7) is 1.92. The van der Waals surface area contributed by atoms with Crippen LogP contribution in [0, 0.1) is 17.0 Å². The van der Waals surface area contributed by atoms with Gasteiger partial charge in [0.05, 0.1) is 20.5 Å². The molecule has 0 atom stereocenters. The fourth-order valence-electron chi connectivity index (χ4n) is 2.51. The van der Waals surface area contributed by atoms with Crippen LogP contribution in [0.4, 0.5) is 35.2 Å². The fourth-order valence-corrected chi connectivity index (χ4v) is 3.33. The lowest BCUT2D eigenvalue weighted by molar-refractivity contribution is -0.383. The number of aromatic nitrogens is 2. The quantitative estimate of drug-likeness (QED) is 0.286. The Labute approximate surface area is 212 Å². The summed E-state index contributed by atoms with van der Waals surface area (Å²) in [7, 11) is 3.37. The maximum atomic E-state index is 12.6. The molecule has 0 unspecified atom stereocenters. The van der Waals surface area contributed by atoms with Crippen LogP contribution >= 0.6 is 34.8 Å². The highest BCUT2D eigenvalue weighted by Crippen LogP contribution is 2.38. The first-order valence-electron chi connectivity index (χ1n) is 9.42. The molecule has 0 saturated carbocycles. The third-order valence-corrected chi connectivity index (χ3v) is 5.35. The van der Waals surface area contributed by atoms with E-state index >= 15 is 0 Å². The highest BCUT2D eigenvalue weighted by molar-refractivity contribution is 6.38. The molecule has 3 N–H and O–H groups in total. The van der Waals surface area contributed by atoms with Crippen molar-refractivity contribution in [2.45, 2.75) is 13.1 Å². The van der Waals surface area contributed by atoms with Crippen molar-refractivity contribution >= 4 is 58.0 Å². The van der Waals surface area contributed by atoms with Gasteiger partial charge in [-0.2, -0.15) is 18.3 Å². The first kappa shape index (κ1) is 28.0. The second-order valence-electron chi connectivity index (χ2n) is 7.16. The lowest BCUT2D eigenvalue weighted by atomic mass is 10.2. The van der Waals surface area contributed by atoms with E-state index in [1.807, 2.05) is 19.1 Å². The number of urea groups is 1. The average Bonchev–Trinajstić information content (AvgIpc) is 3.11. The number of benzene rings is 2. The number of halogens is 6. The first-order valence-corrected chi connectivity index (χ1v) is 10.6. The molecule has 0 aliphatic rings. The number of alkyl halides is 3. The van der Waals surface area contributed by atoms with E-state index in [2.05, 4.69) is 10.4 Å². The molecule has 3 rings (SSSR count).